The van der Waals surface area contributed by atoms with Crippen molar-refractivity contribution in [3.8, 4) is 5.75 Å². The Hall–Kier alpha value is -2.11. The van der Waals surface area contributed by atoms with E-state index < -0.39 is 10.9 Å². The monoisotopic (exact) mass is 319 g/mol. The lowest BCUT2D eigenvalue weighted by atomic mass is 9.70. The number of hydrogen-bond donors (Lipinski definition) is 1. The number of nitro benzene ring substituents is 1. The van der Waals surface area contributed by atoms with Gasteiger partial charge in [-0.2, -0.15) is 0 Å². The molecule has 1 aromatic carbocycles. The molecular weight excluding hydrogens is 298 g/mol. The van der Waals surface area contributed by atoms with Crippen LogP contribution in [0.15, 0.2) is 18.2 Å². The molecule has 2 saturated carbocycles. The molecule has 2 bridgehead atoms. The summed E-state index contributed by atoms with van der Waals surface area (Å²) in [6.07, 6.45) is 3.08. The van der Waals surface area contributed by atoms with E-state index in [-0.39, 0.29) is 33.9 Å². The van der Waals surface area contributed by atoms with E-state index in [4.69, 9.17) is 4.74 Å². The predicted molar refractivity (Wildman–Crippen MR) is 83.7 cm³/mol. The van der Waals surface area contributed by atoms with Crippen molar-refractivity contribution in [1.82, 2.24) is 0 Å². The van der Waals surface area contributed by atoms with E-state index in [1.165, 1.54) is 18.6 Å². The Morgan fingerprint density at radius 2 is 2.09 bits per heavy atom. The minimum atomic E-state index is -1.21. The topological polar surface area (TPSA) is 89.7 Å². The lowest BCUT2D eigenvalue weighted by molar-refractivity contribution is -0.384. The molecule has 0 amide bonds. The van der Waals surface area contributed by atoms with Crippen LogP contribution in [-0.2, 0) is 0 Å². The third kappa shape index (κ3) is 2.19. The molecule has 1 N–H and O–H groups in total. The van der Waals surface area contributed by atoms with Gasteiger partial charge in [0.05, 0.1) is 4.92 Å². The van der Waals surface area contributed by atoms with Crippen LogP contribution in [0.25, 0.3) is 0 Å². The molecule has 23 heavy (non-hydrogen) atoms. The molecule has 0 radical (unpaired) electrons. The summed E-state index contributed by atoms with van der Waals surface area (Å²) < 4.78 is 6.07. The van der Waals surface area contributed by atoms with Crippen molar-refractivity contribution in [2.45, 2.75) is 46.1 Å². The van der Waals surface area contributed by atoms with Crippen molar-refractivity contribution in [3.63, 3.8) is 0 Å². The van der Waals surface area contributed by atoms with Crippen LogP contribution in [0, 0.1) is 26.9 Å². The third-order valence-corrected chi connectivity index (χ3v) is 6.39. The highest BCUT2D eigenvalue weighted by Gasteiger charge is 2.62. The molecule has 3 unspecified atom stereocenters. The van der Waals surface area contributed by atoms with Gasteiger partial charge < -0.3 is 9.84 Å². The maximum absolute atomic E-state index is 11.4. The van der Waals surface area contributed by atoms with Crippen LogP contribution in [0.1, 0.15) is 50.4 Å². The Balaban J connectivity index is 1.92. The fourth-order valence-corrected chi connectivity index (χ4v) is 4.36. The first-order valence-corrected chi connectivity index (χ1v) is 7.85. The van der Waals surface area contributed by atoms with Gasteiger partial charge in [0, 0.05) is 17.5 Å². The van der Waals surface area contributed by atoms with Crippen LogP contribution in [0.2, 0.25) is 0 Å². The lowest BCUT2D eigenvalue weighted by Gasteiger charge is -2.39. The summed E-state index contributed by atoms with van der Waals surface area (Å²) in [4.78, 5) is 21.7. The first kappa shape index (κ1) is 15.8. The largest absolute Gasteiger partial charge is 0.489 e. The highest BCUT2D eigenvalue weighted by atomic mass is 16.6. The summed E-state index contributed by atoms with van der Waals surface area (Å²) in [5.74, 6) is -0.419. The second-order valence-corrected chi connectivity index (χ2v) is 7.46. The zero-order valence-electron chi connectivity index (χ0n) is 13.5. The van der Waals surface area contributed by atoms with E-state index in [9.17, 15) is 20.0 Å². The van der Waals surface area contributed by atoms with Gasteiger partial charge in [0.15, 0.2) is 0 Å². The minimum Gasteiger partial charge on any atom is -0.489 e. The van der Waals surface area contributed by atoms with Crippen LogP contribution < -0.4 is 4.74 Å². The number of carbonyl (C=O) groups is 1. The van der Waals surface area contributed by atoms with E-state index in [2.05, 4.69) is 20.8 Å². The first-order valence-electron chi connectivity index (χ1n) is 7.85. The number of fused-ring (bicyclic) bond motifs is 2. The second-order valence-electron chi connectivity index (χ2n) is 7.46. The Morgan fingerprint density at radius 1 is 1.39 bits per heavy atom. The van der Waals surface area contributed by atoms with Crippen LogP contribution in [0.3, 0.4) is 0 Å². The number of aromatic carboxylic acids is 1. The molecule has 0 spiro atoms. The zero-order valence-corrected chi connectivity index (χ0v) is 13.5. The maximum atomic E-state index is 11.4. The van der Waals surface area contributed by atoms with Crippen LogP contribution in [-0.4, -0.2) is 22.1 Å². The van der Waals surface area contributed by atoms with E-state index in [1.54, 1.807) is 0 Å². The number of hydrogen-bond acceptors (Lipinski definition) is 4. The normalized spacial score (nSPS) is 31.1. The summed E-state index contributed by atoms with van der Waals surface area (Å²) in [6.45, 7) is 6.71. The average molecular weight is 319 g/mol. The smallest absolute Gasteiger partial charge is 0.339 e. The van der Waals surface area contributed by atoms with Crippen molar-refractivity contribution in [2.75, 3.05) is 0 Å². The number of carboxylic acid groups (broad SMARTS) is 1. The summed E-state index contributed by atoms with van der Waals surface area (Å²) in [5, 5.41) is 20.2. The van der Waals surface area contributed by atoms with Crippen molar-refractivity contribution < 1.29 is 19.6 Å². The maximum Gasteiger partial charge on any atom is 0.339 e. The van der Waals surface area contributed by atoms with Gasteiger partial charge in [-0.1, -0.05) is 20.8 Å². The molecular formula is C17H21NO5. The molecule has 1 aromatic rings. The molecule has 2 aliphatic rings. The molecule has 2 fully saturated rings. The van der Waals surface area contributed by atoms with E-state index in [0.29, 0.717) is 5.92 Å². The standard InChI is InChI=1S/C17H21NO5/c1-16(2)10-6-7-17(16,3)14(8-10)23-13-5-4-11(18(21)22)9-12(13)15(19)20/h4-5,9-10,14H,6-8H2,1-3H3,(H,19,20). The molecule has 6 nitrogen and oxygen atoms in total. The molecule has 0 aromatic heterocycles. The molecule has 0 aliphatic heterocycles. The lowest BCUT2D eigenvalue weighted by Crippen LogP contribution is -2.39. The van der Waals surface area contributed by atoms with Gasteiger partial charge in [0.1, 0.15) is 17.4 Å². The van der Waals surface area contributed by atoms with Gasteiger partial charge in [-0.15, -0.1) is 0 Å². The molecule has 0 heterocycles. The Kier molecular flexibility index (Phi) is 3.39. The third-order valence-electron chi connectivity index (χ3n) is 6.39. The summed E-state index contributed by atoms with van der Waals surface area (Å²) >= 11 is 0. The van der Waals surface area contributed by atoms with Crippen LogP contribution in [0.5, 0.6) is 5.75 Å². The van der Waals surface area contributed by atoms with Crippen LogP contribution >= 0.6 is 0 Å². The minimum absolute atomic E-state index is 0.00475. The van der Waals surface area contributed by atoms with Gasteiger partial charge in [0.2, 0.25) is 0 Å². The molecule has 2 aliphatic carbocycles. The number of non-ortho nitro benzene ring substituents is 1. The molecule has 3 rings (SSSR count). The highest BCUT2D eigenvalue weighted by molar-refractivity contribution is 5.91. The van der Waals surface area contributed by atoms with Crippen molar-refractivity contribution in [2.24, 2.45) is 16.7 Å². The fraction of sp³-hybridized carbons (Fsp3) is 0.588. The van der Waals surface area contributed by atoms with Gasteiger partial charge in [-0.05, 0) is 36.7 Å². The summed E-state index contributed by atoms with van der Waals surface area (Å²) in [6, 6.07) is 3.77. The summed E-state index contributed by atoms with van der Waals surface area (Å²) in [5.41, 5.74) is -0.241. The predicted octanol–water partition coefficient (Wildman–Crippen LogP) is 3.89. The molecule has 6 heteroatoms. The molecule has 0 saturated heterocycles. The number of rotatable bonds is 4. The molecule has 3 atom stereocenters. The Labute approximate surface area is 134 Å². The van der Waals surface area contributed by atoms with Crippen LogP contribution in [0.4, 0.5) is 5.69 Å². The summed E-state index contributed by atoms with van der Waals surface area (Å²) in [7, 11) is 0. The quantitative estimate of drug-likeness (QED) is 0.671. The number of nitro groups is 1. The Bertz CT molecular complexity index is 684. The second kappa shape index (κ2) is 4.94. The van der Waals surface area contributed by atoms with E-state index in [0.717, 1.165) is 18.9 Å². The first-order chi connectivity index (χ1) is 10.7. The average Bonchev–Trinajstić information content (AvgIpc) is 2.80. The van der Waals surface area contributed by atoms with Gasteiger partial charge in [-0.3, -0.25) is 10.1 Å². The van der Waals surface area contributed by atoms with Crippen molar-refractivity contribution in [1.29, 1.82) is 0 Å². The number of ether oxygens (including phenoxy) is 1. The fourth-order valence-electron chi connectivity index (χ4n) is 4.36. The van der Waals surface area contributed by atoms with E-state index >= 15 is 0 Å². The number of benzene rings is 1. The number of nitrogens with zero attached hydrogens (tertiary/aromatic N) is 1. The highest BCUT2D eigenvalue weighted by Crippen LogP contribution is 2.66. The van der Waals surface area contributed by atoms with Gasteiger partial charge in [-0.25, -0.2) is 4.79 Å². The van der Waals surface area contributed by atoms with Gasteiger partial charge >= 0.3 is 5.97 Å². The number of carboxylic acids is 1. The Morgan fingerprint density at radius 3 is 2.57 bits per heavy atom. The van der Waals surface area contributed by atoms with Crippen molar-refractivity contribution >= 4 is 11.7 Å². The SMILES string of the molecule is CC1(C)C2CCC1(C)C(Oc1ccc([N+](=O)[O-])cc1C(=O)O)C2. The van der Waals surface area contributed by atoms with Gasteiger partial charge in [0.25, 0.3) is 5.69 Å². The zero-order chi connectivity index (χ0) is 17.0. The van der Waals surface area contributed by atoms with Crippen molar-refractivity contribution in [3.05, 3.63) is 33.9 Å². The van der Waals surface area contributed by atoms with E-state index in [1.807, 2.05) is 0 Å². The molecule has 124 valence electrons.